The van der Waals surface area contributed by atoms with Gasteiger partial charge in [0.25, 0.3) is 5.56 Å². The van der Waals surface area contributed by atoms with E-state index in [9.17, 15) is 18.0 Å². The fourth-order valence-electron chi connectivity index (χ4n) is 4.87. The van der Waals surface area contributed by atoms with E-state index < -0.39 is 21.7 Å². The van der Waals surface area contributed by atoms with Crippen LogP contribution in [0.3, 0.4) is 0 Å². The molecule has 1 amide bonds. The lowest BCUT2D eigenvalue weighted by molar-refractivity contribution is -0.928. The molecule has 2 aromatic heterocycles. The van der Waals surface area contributed by atoms with E-state index in [2.05, 4.69) is 20.4 Å². The number of alkyl carbamates (subject to hydrolysis) is 1. The molecule has 0 saturated carbocycles. The molecule has 0 unspecified atom stereocenters. The number of nitrogens with zero attached hydrogens (tertiary/aromatic N) is 5. The average molecular weight is 718 g/mol. The summed E-state index contributed by atoms with van der Waals surface area (Å²) in [6.07, 6.45) is 1.02. The number of quaternary nitrogens is 1. The smallest absolute Gasteiger partial charge is 0.411 e. The normalized spacial score (nSPS) is 15.4. The highest BCUT2D eigenvalue weighted by atomic mass is 127. The minimum Gasteiger partial charge on any atom is -1.00 e. The number of hydrogen-bond acceptors (Lipinski definition) is 8. The molecule has 1 aliphatic heterocycles. The number of aromatic amines is 1. The van der Waals surface area contributed by atoms with E-state index >= 15 is 0 Å². The molecule has 0 aliphatic carbocycles. The number of halogens is 1. The van der Waals surface area contributed by atoms with Gasteiger partial charge < -0.3 is 43.8 Å². The van der Waals surface area contributed by atoms with Gasteiger partial charge in [-0.2, -0.15) is 14.4 Å². The largest absolute Gasteiger partial charge is 1.00 e. The number of aromatic nitrogens is 4. The Labute approximate surface area is 263 Å². The Bertz CT molecular complexity index is 1580. The zero-order valence-corrected chi connectivity index (χ0v) is 27.9. The molecule has 3 aromatic rings. The van der Waals surface area contributed by atoms with E-state index in [0.717, 1.165) is 12.1 Å². The van der Waals surface area contributed by atoms with Gasteiger partial charge in [-0.3, -0.25) is 14.0 Å². The van der Waals surface area contributed by atoms with Gasteiger partial charge in [0, 0.05) is 13.1 Å². The molecule has 1 aliphatic rings. The maximum Gasteiger partial charge on any atom is 0.411 e. The Balaban J connectivity index is 0.00000484. The summed E-state index contributed by atoms with van der Waals surface area (Å²) >= 11 is 0. The molecule has 1 aromatic carbocycles. The first kappa shape index (κ1) is 33.7. The van der Waals surface area contributed by atoms with Crippen LogP contribution in [0.15, 0.2) is 27.9 Å². The zero-order chi connectivity index (χ0) is 29.9. The number of aryl methyl sites for hydroxylation is 2. The number of rotatable bonds is 10. The predicted molar refractivity (Wildman–Crippen MR) is 154 cm³/mol. The van der Waals surface area contributed by atoms with Gasteiger partial charge in [-0.15, -0.1) is 0 Å². The highest BCUT2D eigenvalue weighted by Crippen LogP contribution is 2.32. The number of ether oxygens (including phenoxy) is 2. The van der Waals surface area contributed by atoms with Crippen molar-refractivity contribution in [3.8, 4) is 17.1 Å². The van der Waals surface area contributed by atoms with Crippen molar-refractivity contribution >= 4 is 27.1 Å². The van der Waals surface area contributed by atoms with Gasteiger partial charge in [0.15, 0.2) is 5.52 Å². The number of benzene rings is 1. The van der Waals surface area contributed by atoms with Crippen LogP contribution >= 0.6 is 0 Å². The first-order chi connectivity index (χ1) is 19.4. The van der Waals surface area contributed by atoms with Crippen LogP contribution in [0.1, 0.15) is 39.8 Å². The van der Waals surface area contributed by atoms with Crippen molar-refractivity contribution < 1.29 is 51.1 Å². The van der Waals surface area contributed by atoms with E-state index in [1.54, 1.807) is 13.1 Å². The summed E-state index contributed by atoms with van der Waals surface area (Å²) in [6.45, 7) is 9.52. The Hall–Kier alpha value is -2.76. The second-order valence-corrected chi connectivity index (χ2v) is 12.8. The maximum atomic E-state index is 13.7. The first-order valence-corrected chi connectivity index (χ1v) is 15.3. The highest BCUT2D eigenvalue weighted by Gasteiger charge is 2.36. The summed E-state index contributed by atoms with van der Waals surface area (Å²) in [4.78, 5) is 32.5. The van der Waals surface area contributed by atoms with Gasteiger partial charge in [-0.1, -0.05) is 13.3 Å². The summed E-state index contributed by atoms with van der Waals surface area (Å²) in [6, 6.07) is 4.57. The molecular weight excluding hydrogens is 677 g/mol. The van der Waals surface area contributed by atoms with Gasteiger partial charge in [0.2, 0.25) is 16.8 Å². The second kappa shape index (κ2) is 13.7. The Morgan fingerprint density at radius 3 is 2.52 bits per heavy atom. The van der Waals surface area contributed by atoms with Crippen LogP contribution in [0, 0.1) is 0 Å². The molecule has 13 nitrogen and oxygen atoms in total. The summed E-state index contributed by atoms with van der Waals surface area (Å²) in [5, 5.41) is 7.17. The van der Waals surface area contributed by atoms with E-state index in [0.29, 0.717) is 52.9 Å². The SMILES string of the molecule is CCCc1nn(C)c2c(=O)nc(-c3cc(S(=O)(=O)N4CC[N+](C)(COC(=O)NC(C)C)CC4)ccc3OCC)[nH]c12.[I-]. The number of H-pyrrole nitrogens is 1. The Kier molecular flexibility index (Phi) is 11.0. The molecule has 0 bridgehead atoms. The van der Waals surface area contributed by atoms with Crippen LogP contribution < -0.4 is 39.6 Å². The molecule has 0 atom stereocenters. The van der Waals surface area contributed by atoms with Crippen molar-refractivity contribution in [1.29, 1.82) is 0 Å². The summed E-state index contributed by atoms with van der Waals surface area (Å²) < 4.78 is 42.0. The lowest BCUT2D eigenvalue weighted by atomic mass is 10.1. The molecule has 4 rings (SSSR count). The number of sulfonamides is 1. The van der Waals surface area contributed by atoms with Crippen LogP contribution in [0.4, 0.5) is 4.79 Å². The molecule has 1 saturated heterocycles. The monoisotopic (exact) mass is 717 g/mol. The Morgan fingerprint density at radius 1 is 1.21 bits per heavy atom. The van der Waals surface area contributed by atoms with Gasteiger partial charge in [-0.25, -0.2) is 13.2 Å². The minimum absolute atomic E-state index is 0. The molecule has 0 radical (unpaired) electrons. The van der Waals surface area contributed by atoms with Crippen LogP contribution in [-0.4, -0.2) is 95.7 Å². The fraction of sp³-hybridized carbons (Fsp3) is 0.556. The van der Waals surface area contributed by atoms with Crippen LogP contribution in [-0.2, 0) is 28.2 Å². The first-order valence-electron chi connectivity index (χ1n) is 13.9. The zero-order valence-electron chi connectivity index (χ0n) is 24.9. The number of likely N-dealkylation sites (N-methyl/N-ethyl adjacent to an activating group) is 1. The standard InChI is InChI=1S/C27H39N7O6S.HI/c1-7-9-21-23-24(32(5)31-21)26(35)30-25(29-23)20-16-19(10-11-22(20)39-8-2)41(37,38)33-12-14-34(6,15-13-33)17-40-27(36)28-18(3)4;/h10-11,16,18H,7-9,12-15,17H2,1-6H3,(H-,28,29,30,35,36);1H. The number of amides is 1. The molecule has 3 heterocycles. The molecule has 232 valence electrons. The van der Waals surface area contributed by atoms with E-state index in [1.807, 2.05) is 34.7 Å². The molecular formula is C27H40IN7O6S. The van der Waals surface area contributed by atoms with Crippen molar-refractivity contribution in [2.75, 3.05) is 46.6 Å². The van der Waals surface area contributed by atoms with Crippen LogP contribution in [0.5, 0.6) is 5.75 Å². The van der Waals surface area contributed by atoms with Crippen molar-refractivity contribution in [3.63, 3.8) is 0 Å². The van der Waals surface area contributed by atoms with Gasteiger partial charge in [0.05, 0.1) is 61.5 Å². The lowest BCUT2D eigenvalue weighted by Crippen LogP contribution is -3.00. The molecule has 0 spiro atoms. The second-order valence-electron chi connectivity index (χ2n) is 10.9. The van der Waals surface area contributed by atoms with Crippen molar-refractivity contribution in [2.45, 2.75) is 51.5 Å². The summed E-state index contributed by atoms with van der Waals surface area (Å²) in [5.41, 5.74) is 1.60. The highest BCUT2D eigenvalue weighted by molar-refractivity contribution is 7.89. The summed E-state index contributed by atoms with van der Waals surface area (Å²) in [7, 11) is -0.240. The average Bonchev–Trinajstić information content (AvgIpc) is 3.23. The third-order valence-electron chi connectivity index (χ3n) is 7.10. The number of nitrogens with one attached hydrogen (secondary N) is 2. The van der Waals surface area contributed by atoms with E-state index in [4.69, 9.17) is 9.47 Å². The third-order valence-corrected chi connectivity index (χ3v) is 9.00. The molecule has 42 heavy (non-hydrogen) atoms. The van der Waals surface area contributed by atoms with Gasteiger partial charge in [-0.05, 0) is 45.4 Å². The van der Waals surface area contributed by atoms with Crippen molar-refractivity contribution in [3.05, 3.63) is 34.2 Å². The number of carbonyl (C=O) groups excluding carboxylic acids is 1. The van der Waals surface area contributed by atoms with Crippen LogP contribution in [0.25, 0.3) is 22.4 Å². The molecule has 2 N–H and O–H groups in total. The molecule has 1 fully saturated rings. The Morgan fingerprint density at radius 2 is 1.90 bits per heavy atom. The summed E-state index contributed by atoms with van der Waals surface area (Å²) in [5.74, 6) is 0.627. The minimum atomic E-state index is -3.88. The molecule has 15 heteroatoms. The predicted octanol–water partition coefficient (Wildman–Crippen LogP) is -0.778. The van der Waals surface area contributed by atoms with Gasteiger partial charge in [0.1, 0.15) is 11.6 Å². The van der Waals surface area contributed by atoms with E-state index in [-0.39, 0.29) is 60.6 Å². The number of fused-ring (bicyclic) bond motifs is 1. The van der Waals surface area contributed by atoms with Crippen molar-refractivity contribution in [2.24, 2.45) is 7.05 Å². The number of piperazine rings is 1. The number of carbonyl (C=O) groups is 1. The fourth-order valence-corrected chi connectivity index (χ4v) is 6.32. The maximum absolute atomic E-state index is 13.7. The third kappa shape index (κ3) is 7.23. The number of hydrogen-bond donors (Lipinski definition) is 2. The van der Waals surface area contributed by atoms with Crippen molar-refractivity contribution in [1.82, 2.24) is 29.4 Å². The van der Waals surface area contributed by atoms with Gasteiger partial charge >= 0.3 is 6.09 Å². The quantitative estimate of drug-likeness (QED) is 0.205. The van der Waals surface area contributed by atoms with Crippen LogP contribution in [0.2, 0.25) is 0 Å². The van der Waals surface area contributed by atoms with E-state index in [1.165, 1.54) is 21.1 Å². The topological polar surface area (TPSA) is 149 Å². The lowest BCUT2D eigenvalue weighted by Gasteiger charge is -2.40.